The van der Waals surface area contributed by atoms with Crippen LogP contribution in [0.4, 0.5) is 8.78 Å². The number of ether oxygens (including phenoxy) is 1. The minimum atomic E-state index is -2.52. The van der Waals surface area contributed by atoms with Gasteiger partial charge in [0.25, 0.3) is 12.3 Å². The molecule has 23 heavy (non-hydrogen) atoms. The second kappa shape index (κ2) is 7.63. The van der Waals surface area contributed by atoms with Gasteiger partial charge in [0.05, 0.1) is 18.2 Å². The second-order valence-corrected chi connectivity index (χ2v) is 5.24. The number of hydrogen-bond donors (Lipinski definition) is 1. The van der Waals surface area contributed by atoms with Gasteiger partial charge in [0.15, 0.2) is 5.17 Å². The molecule has 1 fully saturated rings. The number of amidine groups is 1. The maximum Gasteiger partial charge on any atom is 0.331 e. The van der Waals surface area contributed by atoms with Gasteiger partial charge in [0, 0.05) is 11.6 Å². The standard InChI is InChI=1S/C14H11F2N3O3S/c1-22-11(20)6-10-13(21)18-14(23-10)19-17-7-8-2-4-9(5-3-8)12(15)16/h2-7,12H,1H3,(H,18,19,21)/b10-6+,17-7?. The summed E-state index contributed by atoms with van der Waals surface area (Å²) in [6.45, 7) is 0. The van der Waals surface area contributed by atoms with Crippen molar-refractivity contribution in [3.8, 4) is 0 Å². The van der Waals surface area contributed by atoms with Crippen LogP contribution < -0.4 is 5.32 Å². The van der Waals surface area contributed by atoms with E-state index in [2.05, 4.69) is 20.3 Å². The Hall–Kier alpha value is -2.55. The lowest BCUT2D eigenvalue weighted by molar-refractivity contribution is -0.135. The summed E-state index contributed by atoms with van der Waals surface area (Å²) in [4.78, 5) is 22.8. The molecule has 120 valence electrons. The molecule has 2 rings (SSSR count). The monoisotopic (exact) mass is 339 g/mol. The summed E-state index contributed by atoms with van der Waals surface area (Å²) in [5.74, 6) is -1.12. The lowest BCUT2D eigenvalue weighted by atomic mass is 10.1. The van der Waals surface area contributed by atoms with E-state index < -0.39 is 18.3 Å². The lowest BCUT2D eigenvalue weighted by Gasteiger charge is -1.98. The molecule has 0 radical (unpaired) electrons. The number of methoxy groups -OCH3 is 1. The van der Waals surface area contributed by atoms with E-state index in [0.717, 1.165) is 17.8 Å². The zero-order valence-electron chi connectivity index (χ0n) is 11.8. The molecule has 1 amide bonds. The molecule has 0 bridgehead atoms. The molecule has 1 heterocycles. The van der Waals surface area contributed by atoms with E-state index in [1.54, 1.807) is 0 Å². The summed E-state index contributed by atoms with van der Waals surface area (Å²) < 4.78 is 29.2. The van der Waals surface area contributed by atoms with Crippen LogP contribution in [0.1, 0.15) is 17.6 Å². The predicted molar refractivity (Wildman–Crippen MR) is 82.3 cm³/mol. The maximum absolute atomic E-state index is 12.4. The molecule has 0 spiro atoms. The topological polar surface area (TPSA) is 80.1 Å². The van der Waals surface area contributed by atoms with Crippen LogP contribution >= 0.6 is 11.8 Å². The molecule has 6 nitrogen and oxygen atoms in total. The first-order valence-electron chi connectivity index (χ1n) is 6.27. The van der Waals surface area contributed by atoms with Gasteiger partial charge in [-0.15, -0.1) is 5.10 Å². The van der Waals surface area contributed by atoms with Crippen LogP contribution in [0.15, 0.2) is 45.4 Å². The van der Waals surface area contributed by atoms with Gasteiger partial charge < -0.3 is 4.74 Å². The molecular weight excluding hydrogens is 328 g/mol. The Morgan fingerprint density at radius 1 is 1.35 bits per heavy atom. The van der Waals surface area contributed by atoms with Crippen LogP contribution in [0.25, 0.3) is 0 Å². The zero-order chi connectivity index (χ0) is 16.8. The first kappa shape index (κ1) is 16.8. The van der Waals surface area contributed by atoms with E-state index in [0.29, 0.717) is 5.56 Å². The van der Waals surface area contributed by atoms with Gasteiger partial charge in [-0.3, -0.25) is 10.1 Å². The maximum atomic E-state index is 12.4. The Morgan fingerprint density at radius 3 is 2.65 bits per heavy atom. The first-order valence-corrected chi connectivity index (χ1v) is 7.09. The third-order valence-electron chi connectivity index (χ3n) is 2.64. The molecular formula is C14H11F2N3O3S. The van der Waals surface area contributed by atoms with Crippen molar-refractivity contribution in [1.29, 1.82) is 0 Å². The van der Waals surface area contributed by atoms with Crippen molar-refractivity contribution in [2.45, 2.75) is 6.43 Å². The highest BCUT2D eigenvalue weighted by molar-refractivity contribution is 8.18. The molecule has 1 aliphatic rings. The van der Waals surface area contributed by atoms with Gasteiger partial charge in [-0.05, 0) is 17.3 Å². The van der Waals surface area contributed by atoms with Crippen LogP contribution in [-0.4, -0.2) is 30.4 Å². The summed E-state index contributed by atoms with van der Waals surface area (Å²) in [6.07, 6.45) is -0.113. The summed E-state index contributed by atoms with van der Waals surface area (Å²) in [7, 11) is 1.20. The normalized spacial score (nSPS) is 18.2. The quantitative estimate of drug-likeness (QED) is 0.395. The Bertz CT molecular complexity index is 700. The molecule has 0 saturated carbocycles. The average molecular weight is 339 g/mol. The van der Waals surface area contributed by atoms with Gasteiger partial charge in [-0.1, -0.05) is 24.3 Å². The summed E-state index contributed by atoms with van der Waals surface area (Å²) >= 11 is 0.941. The van der Waals surface area contributed by atoms with E-state index in [-0.39, 0.29) is 15.6 Å². The van der Waals surface area contributed by atoms with Gasteiger partial charge >= 0.3 is 5.97 Å². The number of carbonyl (C=O) groups excluding carboxylic acids is 2. The number of benzene rings is 1. The highest BCUT2D eigenvalue weighted by Crippen LogP contribution is 2.23. The smallest absolute Gasteiger partial charge is 0.331 e. The van der Waals surface area contributed by atoms with Crippen LogP contribution in [-0.2, 0) is 14.3 Å². The molecule has 0 unspecified atom stereocenters. The molecule has 9 heteroatoms. The molecule has 1 aromatic carbocycles. The predicted octanol–water partition coefficient (Wildman–Crippen LogP) is 2.23. The number of carbonyl (C=O) groups is 2. The van der Waals surface area contributed by atoms with Crippen LogP contribution in [0.2, 0.25) is 0 Å². The van der Waals surface area contributed by atoms with Crippen molar-refractivity contribution in [2.24, 2.45) is 10.2 Å². The molecule has 0 atom stereocenters. The number of hydrogen-bond acceptors (Lipinski definition) is 6. The number of nitrogens with one attached hydrogen (secondary N) is 1. The second-order valence-electron chi connectivity index (χ2n) is 4.21. The molecule has 1 N–H and O–H groups in total. The van der Waals surface area contributed by atoms with E-state index in [4.69, 9.17) is 0 Å². The molecule has 0 aromatic heterocycles. The van der Waals surface area contributed by atoms with Crippen molar-refractivity contribution < 1.29 is 23.1 Å². The molecule has 1 saturated heterocycles. The van der Waals surface area contributed by atoms with Crippen molar-refractivity contribution in [3.05, 3.63) is 46.4 Å². The first-order chi connectivity index (χ1) is 11.0. The minimum Gasteiger partial charge on any atom is -0.466 e. The number of thioether (sulfide) groups is 1. The number of alkyl halides is 2. The number of nitrogens with zero attached hydrogens (tertiary/aromatic N) is 2. The minimum absolute atomic E-state index is 0.0790. The lowest BCUT2D eigenvalue weighted by Crippen LogP contribution is -2.19. The summed E-state index contributed by atoms with van der Waals surface area (Å²) in [5, 5.41) is 10.2. The van der Waals surface area contributed by atoms with Gasteiger partial charge in [-0.2, -0.15) is 5.10 Å². The Labute approximate surface area is 134 Å². The fraction of sp³-hybridized carbons (Fsp3) is 0.143. The average Bonchev–Trinajstić information content (AvgIpc) is 2.87. The number of esters is 1. The number of rotatable bonds is 4. The third kappa shape index (κ3) is 4.71. The van der Waals surface area contributed by atoms with Gasteiger partial charge in [-0.25, -0.2) is 13.6 Å². The molecule has 0 aliphatic carbocycles. The Kier molecular flexibility index (Phi) is 5.58. The van der Waals surface area contributed by atoms with Crippen LogP contribution in [0.3, 0.4) is 0 Å². The molecule has 1 aromatic rings. The van der Waals surface area contributed by atoms with Gasteiger partial charge in [0.1, 0.15) is 0 Å². The third-order valence-corrected chi connectivity index (χ3v) is 3.55. The highest BCUT2D eigenvalue weighted by atomic mass is 32.2. The van der Waals surface area contributed by atoms with E-state index in [9.17, 15) is 18.4 Å². The van der Waals surface area contributed by atoms with Crippen LogP contribution in [0, 0.1) is 0 Å². The van der Waals surface area contributed by atoms with E-state index in [1.165, 1.54) is 37.6 Å². The largest absolute Gasteiger partial charge is 0.466 e. The fourth-order valence-electron chi connectivity index (χ4n) is 1.52. The van der Waals surface area contributed by atoms with Crippen molar-refractivity contribution in [1.82, 2.24) is 5.32 Å². The van der Waals surface area contributed by atoms with E-state index >= 15 is 0 Å². The van der Waals surface area contributed by atoms with Gasteiger partial charge in [0.2, 0.25) is 0 Å². The fourth-order valence-corrected chi connectivity index (χ4v) is 2.26. The summed E-state index contributed by atoms with van der Waals surface area (Å²) in [6, 6.07) is 5.55. The van der Waals surface area contributed by atoms with Crippen molar-refractivity contribution in [2.75, 3.05) is 7.11 Å². The van der Waals surface area contributed by atoms with Crippen molar-refractivity contribution in [3.63, 3.8) is 0 Å². The zero-order valence-corrected chi connectivity index (χ0v) is 12.6. The summed E-state index contributed by atoms with van der Waals surface area (Å²) in [5.41, 5.74) is 0.503. The number of halogens is 2. The Balaban J connectivity index is 2.02. The SMILES string of the molecule is COC(=O)/C=C1/S/C(=N\N=Cc2ccc(C(F)F)cc2)NC1=O. The van der Waals surface area contributed by atoms with E-state index in [1.807, 2.05) is 0 Å². The number of amides is 1. The highest BCUT2D eigenvalue weighted by Gasteiger charge is 2.24. The van der Waals surface area contributed by atoms with Crippen molar-refractivity contribution >= 4 is 35.0 Å². The molecule has 1 aliphatic heterocycles. The Morgan fingerprint density at radius 2 is 2.04 bits per heavy atom. The van der Waals surface area contributed by atoms with Crippen LogP contribution in [0.5, 0.6) is 0 Å².